The topological polar surface area (TPSA) is 60.4 Å². The summed E-state index contributed by atoms with van der Waals surface area (Å²) in [6, 6.07) is 9.47. The molecule has 0 aliphatic heterocycles. The Kier molecular flexibility index (Phi) is 4.37. The van der Waals surface area contributed by atoms with Crippen molar-refractivity contribution < 1.29 is 17.4 Å². The van der Waals surface area contributed by atoms with Crippen LogP contribution in [0.4, 0.5) is 0 Å². The average molecular weight is 318 g/mol. The third-order valence-electron chi connectivity index (χ3n) is 3.62. The van der Waals surface area contributed by atoms with Crippen LogP contribution in [0.2, 0.25) is 0 Å². The van der Waals surface area contributed by atoms with Gasteiger partial charge in [-0.1, -0.05) is 24.3 Å². The maximum absolute atomic E-state index is 12.4. The van der Waals surface area contributed by atoms with Crippen molar-refractivity contribution in [2.45, 2.75) is 32.6 Å². The zero-order valence-corrected chi connectivity index (χ0v) is 13.8. The molecule has 0 saturated heterocycles. The highest BCUT2D eigenvalue weighted by Gasteiger charge is 2.20. The maximum Gasteiger partial charge on any atom is 0.339 e. The molecule has 0 spiro atoms. The van der Waals surface area contributed by atoms with Gasteiger partial charge in [0.1, 0.15) is 10.6 Å². The van der Waals surface area contributed by atoms with Gasteiger partial charge in [-0.25, -0.2) is 0 Å². The van der Waals surface area contributed by atoms with E-state index in [4.69, 9.17) is 4.18 Å². The third kappa shape index (κ3) is 3.20. The van der Waals surface area contributed by atoms with Crippen molar-refractivity contribution in [2.24, 2.45) is 0 Å². The van der Waals surface area contributed by atoms with Crippen molar-refractivity contribution in [1.29, 1.82) is 0 Å². The van der Waals surface area contributed by atoms with Crippen LogP contribution in [0.15, 0.2) is 41.3 Å². The molecule has 22 heavy (non-hydrogen) atoms. The molecule has 0 N–H and O–H groups in total. The molecule has 2 aromatic rings. The van der Waals surface area contributed by atoms with Gasteiger partial charge in [0.25, 0.3) is 0 Å². The van der Waals surface area contributed by atoms with Gasteiger partial charge in [0, 0.05) is 5.56 Å². The molecule has 0 fully saturated rings. The van der Waals surface area contributed by atoms with Gasteiger partial charge in [-0.2, -0.15) is 8.42 Å². The highest BCUT2D eigenvalue weighted by molar-refractivity contribution is 7.87. The summed E-state index contributed by atoms with van der Waals surface area (Å²) >= 11 is 0. The molecule has 0 aromatic heterocycles. The van der Waals surface area contributed by atoms with E-state index in [-0.39, 0.29) is 10.7 Å². The standard InChI is InChI=1S/C17H18O4S/c1-11-5-6-12(2)17(13(11)3)21-22(19,20)16-9-7-15(8-10-16)14(4)18/h5-10H,1-4H3. The van der Waals surface area contributed by atoms with Crippen molar-refractivity contribution in [1.82, 2.24) is 0 Å². The first-order valence-corrected chi connectivity index (χ1v) is 8.25. The van der Waals surface area contributed by atoms with Crippen molar-refractivity contribution in [2.75, 3.05) is 0 Å². The number of carbonyl (C=O) groups is 1. The Hall–Kier alpha value is -2.14. The molecule has 0 aliphatic carbocycles. The predicted octanol–water partition coefficient (Wildman–Crippen LogP) is 3.58. The molecule has 0 bridgehead atoms. The number of aryl methyl sites for hydroxylation is 2. The van der Waals surface area contributed by atoms with E-state index in [0.29, 0.717) is 11.3 Å². The van der Waals surface area contributed by atoms with Gasteiger partial charge in [0.2, 0.25) is 0 Å². The molecule has 116 valence electrons. The highest BCUT2D eigenvalue weighted by atomic mass is 32.2. The lowest BCUT2D eigenvalue weighted by atomic mass is 10.1. The summed E-state index contributed by atoms with van der Waals surface area (Å²) in [5, 5.41) is 0. The number of Topliss-reactive ketones (excluding diaryl/α,β-unsaturated/α-hetero) is 1. The number of rotatable bonds is 4. The fraction of sp³-hybridized carbons (Fsp3) is 0.235. The molecule has 0 aliphatic rings. The average Bonchev–Trinajstić information content (AvgIpc) is 2.48. The molecular weight excluding hydrogens is 300 g/mol. The van der Waals surface area contributed by atoms with Gasteiger partial charge in [0.15, 0.2) is 5.78 Å². The molecule has 0 amide bonds. The monoisotopic (exact) mass is 318 g/mol. The number of carbonyl (C=O) groups excluding carboxylic acids is 1. The number of benzene rings is 2. The van der Waals surface area contributed by atoms with Crippen LogP contribution in [0.1, 0.15) is 34.0 Å². The Morgan fingerprint density at radius 1 is 0.909 bits per heavy atom. The van der Waals surface area contributed by atoms with Crippen molar-refractivity contribution in [3.05, 3.63) is 58.7 Å². The Morgan fingerprint density at radius 3 is 2.00 bits per heavy atom. The first kappa shape index (κ1) is 16.2. The summed E-state index contributed by atoms with van der Waals surface area (Å²) in [6.45, 7) is 6.96. The van der Waals surface area contributed by atoms with Crippen LogP contribution in [0, 0.1) is 20.8 Å². The zero-order valence-electron chi connectivity index (χ0n) is 13.0. The lowest BCUT2D eigenvalue weighted by Crippen LogP contribution is -2.12. The second-order valence-corrected chi connectivity index (χ2v) is 6.82. The molecule has 2 aromatic carbocycles. The van der Waals surface area contributed by atoms with Gasteiger partial charge >= 0.3 is 10.1 Å². The zero-order chi connectivity index (χ0) is 16.5. The summed E-state index contributed by atoms with van der Waals surface area (Å²) in [6.07, 6.45) is 0. The minimum Gasteiger partial charge on any atom is -0.378 e. The minimum atomic E-state index is -3.93. The van der Waals surface area contributed by atoms with Crippen molar-refractivity contribution in [3.8, 4) is 5.75 Å². The minimum absolute atomic E-state index is 0.0257. The predicted molar refractivity (Wildman–Crippen MR) is 84.9 cm³/mol. The number of hydrogen-bond donors (Lipinski definition) is 0. The van der Waals surface area contributed by atoms with Crippen LogP contribution in [-0.2, 0) is 10.1 Å². The maximum atomic E-state index is 12.4. The fourth-order valence-electron chi connectivity index (χ4n) is 2.07. The quantitative estimate of drug-likeness (QED) is 0.638. The highest BCUT2D eigenvalue weighted by Crippen LogP contribution is 2.28. The largest absolute Gasteiger partial charge is 0.378 e. The summed E-state index contributed by atoms with van der Waals surface area (Å²) in [7, 11) is -3.93. The van der Waals surface area contributed by atoms with Gasteiger partial charge < -0.3 is 4.18 Å². The van der Waals surface area contributed by atoms with Crippen LogP contribution in [0.3, 0.4) is 0 Å². The molecule has 0 saturated carbocycles. The second-order valence-electron chi connectivity index (χ2n) is 5.27. The van der Waals surface area contributed by atoms with Crippen molar-refractivity contribution in [3.63, 3.8) is 0 Å². The van der Waals surface area contributed by atoms with E-state index in [1.165, 1.54) is 31.2 Å². The van der Waals surface area contributed by atoms with E-state index in [0.717, 1.165) is 16.7 Å². The third-order valence-corrected chi connectivity index (χ3v) is 4.85. The van der Waals surface area contributed by atoms with E-state index in [1.54, 1.807) is 6.92 Å². The van der Waals surface area contributed by atoms with E-state index >= 15 is 0 Å². The fourth-order valence-corrected chi connectivity index (χ4v) is 3.11. The summed E-state index contributed by atoms with van der Waals surface area (Å²) < 4.78 is 30.1. The van der Waals surface area contributed by atoms with E-state index in [2.05, 4.69) is 0 Å². The summed E-state index contributed by atoms with van der Waals surface area (Å²) in [4.78, 5) is 11.3. The number of hydrogen-bond acceptors (Lipinski definition) is 4. The van der Waals surface area contributed by atoms with Crippen LogP contribution in [-0.4, -0.2) is 14.2 Å². The molecule has 0 radical (unpaired) electrons. The molecule has 0 atom stereocenters. The van der Waals surface area contributed by atoms with Gasteiger partial charge in [0.05, 0.1) is 0 Å². The summed E-state index contributed by atoms with van der Waals surface area (Å²) in [5.41, 5.74) is 2.97. The first-order chi connectivity index (χ1) is 10.2. The smallest absolute Gasteiger partial charge is 0.339 e. The SMILES string of the molecule is CC(=O)c1ccc(S(=O)(=O)Oc2c(C)ccc(C)c2C)cc1. The number of ketones is 1. The Morgan fingerprint density at radius 2 is 1.45 bits per heavy atom. The Labute approximate surface area is 130 Å². The van der Waals surface area contributed by atoms with Gasteiger partial charge in [-0.05, 0) is 56.5 Å². The van der Waals surface area contributed by atoms with Crippen LogP contribution in [0.25, 0.3) is 0 Å². The van der Waals surface area contributed by atoms with E-state index in [1.807, 2.05) is 26.0 Å². The molecule has 5 heteroatoms. The normalized spacial score (nSPS) is 11.3. The van der Waals surface area contributed by atoms with Gasteiger partial charge in [-0.3, -0.25) is 4.79 Å². The van der Waals surface area contributed by atoms with Crippen molar-refractivity contribution >= 4 is 15.9 Å². The van der Waals surface area contributed by atoms with Crippen LogP contribution >= 0.6 is 0 Å². The van der Waals surface area contributed by atoms with Gasteiger partial charge in [-0.15, -0.1) is 0 Å². The lowest BCUT2D eigenvalue weighted by molar-refractivity contribution is 0.101. The Bertz CT molecular complexity index is 818. The lowest BCUT2D eigenvalue weighted by Gasteiger charge is -2.13. The second kappa shape index (κ2) is 5.93. The van der Waals surface area contributed by atoms with E-state index in [9.17, 15) is 13.2 Å². The molecule has 0 heterocycles. The molecule has 4 nitrogen and oxygen atoms in total. The first-order valence-electron chi connectivity index (χ1n) is 6.84. The summed E-state index contributed by atoms with van der Waals surface area (Å²) in [5.74, 6) is 0.242. The Balaban J connectivity index is 2.40. The van der Waals surface area contributed by atoms with E-state index < -0.39 is 10.1 Å². The van der Waals surface area contributed by atoms with Crippen LogP contribution < -0.4 is 4.18 Å². The molecule has 2 rings (SSSR count). The van der Waals surface area contributed by atoms with Crippen LogP contribution in [0.5, 0.6) is 5.75 Å². The molecular formula is C17H18O4S. The molecule has 0 unspecified atom stereocenters.